The van der Waals surface area contributed by atoms with Crippen molar-refractivity contribution in [2.75, 3.05) is 39.4 Å². The van der Waals surface area contributed by atoms with E-state index in [2.05, 4.69) is 32.4 Å². The maximum absolute atomic E-state index is 13.6. The van der Waals surface area contributed by atoms with Gasteiger partial charge in [0.25, 0.3) is 0 Å². The van der Waals surface area contributed by atoms with Crippen LogP contribution in [0, 0.1) is 5.92 Å². The summed E-state index contributed by atoms with van der Waals surface area (Å²) in [6, 6.07) is 4.37. The van der Waals surface area contributed by atoms with Crippen molar-refractivity contribution in [1.29, 1.82) is 0 Å². The minimum atomic E-state index is -0.795. The van der Waals surface area contributed by atoms with Crippen LogP contribution in [0.5, 0.6) is 0 Å². The number of hydrogen-bond acceptors (Lipinski definition) is 7. The van der Waals surface area contributed by atoms with Gasteiger partial charge in [-0.2, -0.15) is 0 Å². The van der Waals surface area contributed by atoms with E-state index in [0.29, 0.717) is 30.4 Å². The van der Waals surface area contributed by atoms with Crippen LogP contribution in [0.2, 0.25) is 5.02 Å². The van der Waals surface area contributed by atoms with Gasteiger partial charge < -0.3 is 20.7 Å². The van der Waals surface area contributed by atoms with Gasteiger partial charge in [0.1, 0.15) is 6.04 Å². The smallest absolute Gasteiger partial charge is 0.247 e. The van der Waals surface area contributed by atoms with Crippen molar-refractivity contribution in [3.05, 3.63) is 40.4 Å². The minimum absolute atomic E-state index is 0.141. The Kier molecular flexibility index (Phi) is 10.7. The van der Waals surface area contributed by atoms with Crippen molar-refractivity contribution < 1.29 is 19.1 Å². The van der Waals surface area contributed by atoms with Gasteiger partial charge in [0.05, 0.1) is 15.2 Å². The van der Waals surface area contributed by atoms with Gasteiger partial charge in [-0.1, -0.05) is 25.1 Å². The number of likely N-dealkylation sites (tertiary alicyclic amines) is 1. The Morgan fingerprint density at radius 3 is 2.67 bits per heavy atom. The number of rotatable bonds is 12. The number of fused-ring (bicyclic) bond motifs is 1. The molecule has 0 aliphatic carbocycles. The molecule has 0 spiro atoms. The summed E-state index contributed by atoms with van der Waals surface area (Å²) in [5.74, 6) is -0.566. The third-order valence-corrected chi connectivity index (χ3v) is 8.60. The maximum atomic E-state index is 13.6. The number of ether oxygens (including phenoxy) is 1. The second kappa shape index (κ2) is 14.2. The standard InChI is InChI=1S/C28H38ClN5O4S/c1-3-25(35)31-22(15-26-32-21-7-6-20(29)14-24(21)39-26)28(37)33-23(19-8-12-38-13-9-19)16-30-27(36)18(2)17-34-10-4-5-11-34/h6-7,14,19,22-23H,2-5,8-13,15-17H2,1H3,(H,30,36)(H,31,35)(H,33,37)/t22-,23+/m0/s1. The minimum Gasteiger partial charge on any atom is -0.381 e. The van der Waals surface area contributed by atoms with Crippen LogP contribution in [0.4, 0.5) is 0 Å². The number of amides is 3. The molecule has 212 valence electrons. The highest BCUT2D eigenvalue weighted by molar-refractivity contribution is 7.18. The van der Waals surface area contributed by atoms with Crippen LogP contribution in [0.1, 0.15) is 44.0 Å². The predicted molar refractivity (Wildman–Crippen MR) is 154 cm³/mol. The quantitative estimate of drug-likeness (QED) is 0.335. The number of aromatic nitrogens is 1. The van der Waals surface area contributed by atoms with E-state index >= 15 is 0 Å². The van der Waals surface area contributed by atoms with Crippen LogP contribution in [0.3, 0.4) is 0 Å². The molecule has 3 N–H and O–H groups in total. The molecule has 2 aliphatic rings. The Morgan fingerprint density at radius 1 is 1.21 bits per heavy atom. The normalized spacial score (nSPS) is 18.0. The molecule has 2 aliphatic heterocycles. The Labute approximate surface area is 238 Å². The Balaban J connectivity index is 1.43. The van der Waals surface area contributed by atoms with Gasteiger partial charge in [-0.25, -0.2) is 4.98 Å². The highest BCUT2D eigenvalue weighted by Gasteiger charge is 2.30. The zero-order chi connectivity index (χ0) is 27.8. The molecular formula is C28H38ClN5O4S. The molecule has 2 atom stereocenters. The van der Waals surface area contributed by atoms with Crippen LogP contribution in [0.25, 0.3) is 10.2 Å². The number of carbonyl (C=O) groups excluding carboxylic acids is 3. The number of nitrogens with one attached hydrogen (secondary N) is 3. The highest BCUT2D eigenvalue weighted by Crippen LogP contribution is 2.26. The van der Waals surface area contributed by atoms with Gasteiger partial charge in [0.15, 0.2) is 0 Å². The van der Waals surface area contributed by atoms with Gasteiger partial charge in [-0.05, 0) is 62.9 Å². The van der Waals surface area contributed by atoms with Crippen molar-refractivity contribution in [2.45, 2.75) is 57.5 Å². The second-order valence-electron chi connectivity index (χ2n) is 10.3. The fourth-order valence-corrected chi connectivity index (χ4v) is 6.35. The van der Waals surface area contributed by atoms with Gasteiger partial charge in [0, 0.05) is 55.8 Å². The van der Waals surface area contributed by atoms with Crippen molar-refractivity contribution in [2.24, 2.45) is 5.92 Å². The van der Waals surface area contributed by atoms with Crippen LogP contribution >= 0.6 is 22.9 Å². The Bertz CT molecular complexity index is 1180. The molecule has 0 saturated carbocycles. The largest absolute Gasteiger partial charge is 0.381 e. The Hall–Kier alpha value is -2.53. The van der Waals surface area contributed by atoms with E-state index in [0.717, 1.165) is 54.0 Å². The lowest BCUT2D eigenvalue weighted by Crippen LogP contribution is -2.55. The lowest BCUT2D eigenvalue weighted by Gasteiger charge is -2.32. The van der Waals surface area contributed by atoms with E-state index in [1.807, 2.05) is 12.1 Å². The first kappa shape index (κ1) is 29.5. The van der Waals surface area contributed by atoms with Gasteiger partial charge >= 0.3 is 0 Å². The molecule has 0 radical (unpaired) electrons. The second-order valence-corrected chi connectivity index (χ2v) is 11.8. The van der Waals surface area contributed by atoms with E-state index < -0.39 is 6.04 Å². The summed E-state index contributed by atoms with van der Waals surface area (Å²) in [6.07, 6.45) is 4.37. The summed E-state index contributed by atoms with van der Waals surface area (Å²) in [5, 5.41) is 10.3. The third kappa shape index (κ3) is 8.48. The molecule has 2 saturated heterocycles. The van der Waals surface area contributed by atoms with Gasteiger partial charge in [0.2, 0.25) is 17.7 Å². The molecule has 4 rings (SSSR count). The molecule has 9 nitrogen and oxygen atoms in total. The molecule has 3 amide bonds. The number of carbonyl (C=O) groups is 3. The number of thiazole rings is 1. The molecule has 0 bridgehead atoms. The maximum Gasteiger partial charge on any atom is 0.247 e. The van der Waals surface area contributed by atoms with Crippen molar-refractivity contribution >= 4 is 50.9 Å². The molecule has 11 heteroatoms. The fourth-order valence-electron chi connectivity index (χ4n) is 5.06. The zero-order valence-corrected chi connectivity index (χ0v) is 24.0. The monoisotopic (exact) mass is 575 g/mol. The van der Waals surface area contributed by atoms with Crippen LogP contribution in [0.15, 0.2) is 30.4 Å². The zero-order valence-electron chi connectivity index (χ0n) is 22.5. The number of hydrogen-bond donors (Lipinski definition) is 3. The SMILES string of the molecule is C=C(CN1CCCC1)C(=O)NC[C@@H](NC(=O)[C@H](Cc1nc2ccc(Cl)cc2s1)NC(=O)CC)C1CCOCC1. The summed E-state index contributed by atoms with van der Waals surface area (Å²) >= 11 is 7.58. The topological polar surface area (TPSA) is 113 Å². The van der Waals surface area contributed by atoms with Crippen LogP contribution in [-0.2, 0) is 25.5 Å². The van der Waals surface area contributed by atoms with Crippen LogP contribution < -0.4 is 16.0 Å². The van der Waals surface area contributed by atoms with Crippen LogP contribution in [-0.4, -0.2) is 79.1 Å². The summed E-state index contributed by atoms with van der Waals surface area (Å²) in [7, 11) is 0. The molecule has 2 aromatic rings. The van der Waals surface area contributed by atoms with Gasteiger partial charge in [-0.3, -0.25) is 19.3 Å². The third-order valence-electron chi connectivity index (χ3n) is 7.33. The van der Waals surface area contributed by atoms with E-state index in [1.54, 1.807) is 13.0 Å². The summed E-state index contributed by atoms with van der Waals surface area (Å²) in [5.41, 5.74) is 1.33. The average molecular weight is 576 g/mol. The first-order valence-electron chi connectivity index (χ1n) is 13.7. The average Bonchev–Trinajstić information content (AvgIpc) is 3.59. The highest BCUT2D eigenvalue weighted by atomic mass is 35.5. The molecule has 0 unspecified atom stereocenters. The van der Waals surface area contributed by atoms with Gasteiger partial charge in [-0.15, -0.1) is 11.3 Å². The molecule has 1 aromatic heterocycles. The number of halogens is 1. The molecular weight excluding hydrogens is 538 g/mol. The van der Waals surface area contributed by atoms with Crippen molar-refractivity contribution in [1.82, 2.24) is 25.8 Å². The molecule has 3 heterocycles. The lowest BCUT2D eigenvalue weighted by atomic mass is 9.91. The lowest BCUT2D eigenvalue weighted by molar-refractivity contribution is -0.129. The summed E-state index contributed by atoms with van der Waals surface area (Å²) in [4.78, 5) is 45.6. The summed E-state index contributed by atoms with van der Waals surface area (Å²) in [6.45, 7) is 9.76. The van der Waals surface area contributed by atoms with E-state index in [-0.39, 0.29) is 49.1 Å². The number of nitrogens with zero attached hydrogens (tertiary/aromatic N) is 2. The van der Waals surface area contributed by atoms with E-state index in [4.69, 9.17) is 16.3 Å². The molecule has 1 aromatic carbocycles. The predicted octanol–water partition coefficient (Wildman–Crippen LogP) is 3.07. The molecule has 39 heavy (non-hydrogen) atoms. The molecule has 2 fully saturated rings. The van der Waals surface area contributed by atoms with Crippen molar-refractivity contribution in [3.63, 3.8) is 0 Å². The fraction of sp³-hybridized carbons (Fsp3) is 0.571. The Morgan fingerprint density at radius 2 is 1.95 bits per heavy atom. The first-order chi connectivity index (χ1) is 18.8. The number of benzene rings is 1. The van der Waals surface area contributed by atoms with E-state index in [9.17, 15) is 14.4 Å². The van der Waals surface area contributed by atoms with E-state index in [1.165, 1.54) is 11.3 Å². The first-order valence-corrected chi connectivity index (χ1v) is 14.9. The summed E-state index contributed by atoms with van der Waals surface area (Å²) < 4.78 is 6.46. The van der Waals surface area contributed by atoms with Crippen molar-refractivity contribution in [3.8, 4) is 0 Å².